The zero-order valence-corrected chi connectivity index (χ0v) is 15.0. The van der Waals surface area contributed by atoms with E-state index in [0.717, 1.165) is 25.1 Å². The minimum Gasteiger partial charge on any atom is -0.475 e. The Morgan fingerprint density at radius 3 is 2.54 bits per heavy atom. The van der Waals surface area contributed by atoms with E-state index in [4.69, 9.17) is 9.47 Å². The second kappa shape index (κ2) is 6.63. The lowest BCUT2D eigenvalue weighted by atomic mass is 10.0. The van der Waals surface area contributed by atoms with Crippen molar-refractivity contribution in [1.82, 2.24) is 9.88 Å². The second-order valence-electron chi connectivity index (χ2n) is 7.97. The molecule has 0 aromatic carbocycles. The highest BCUT2D eigenvalue weighted by Gasteiger charge is 2.48. The Balaban J connectivity index is 1.62. The van der Waals surface area contributed by atoms with Crippen LogP contribution < -0.4 is 4.74 Å². The maximum absolute atomic E-state index is 12.6. The normalized spacial score (nSPS) is 25.5. The van der Waals surface area contributed by atoms with Gasteiger partial charge in [-0.3, -0.25) is 0 Å². The lowest BCUT2D eigenvalue weighted by Gasteiger charge is -2.36. The van der Waals surface area contributed by atoms with Crippen molar-refractivity contribution < 1.29 is 27.4 Å². The number of carbonyl (C=O) groups is 1. The molecule has 8 heteroatoms. The summed E-state index contributed by atoms with van der Waals surface area (Å²) in [5, 5.41) is 0. The van der Waals surface area contributed by atoms with E-state index in [9.17, 15) is 18.0 Å². The van der Waals surface area contributed by atoms with Gasteiger partial charge in [-0.2, -0.15) is 13.2 Å². The molecule has 3 atom stereocenters. The molecule has 2 aliphatic rings. The highest BCUT2D eigenvalue weighted by molar-refractivity contribution is 5.69. The average Bonchev–Trinajstić information content (AvgIpc) is 3.28. The van der Waals surface area contributed by atoms with Crippen LogP contribution >= 0.6 is 0 Å². The zero-order valence-electron chi connectivity index (χ0n) is 15.0. The molecule has 2 fully saturated rings. The van der Waals surface area contributed by atoms with Gasteiger partial charge in [0.1, 0.15) is 12.2 Å². The fraction of sp³-hybridized carbons (Fsp3) is 0.667. The Kier molecular flexibility index (Phi) is 4.79. The van der Waals surface area contributed by atoms with Gasteiger partial charge in [0.05, 0.1) is 11.6 Å². The molecule has 144 valence electrons. The Hall–Kier alpha value is -1.99. The molecule has 26 heavy (non-hydrogen) atoms. The SMILES string of the molecule is CC(C)(C)OC(=O)N1CC2CC2CC1COc1ccc(C(F)(F)F)cn1. The number of hydrogen-bond donors (Lipinski definition) is 0. The minimum absolute atomic E-state index is 0.111. The maximum Gasteiger partial charge on any atom is 0.417 e. The number of likely N-dealkylation sites (tertiary alicyclic amines) is 1. The molecule has 3 rings (SSSR count). The lowest BCUT2D eigenvalue weighted by molar-refractivity contribution is -0.137. The van der Waals surface area contributed by atoms with Crippen molar-refractivity contribution in [3.05, 3.63) is 23.9 Å². The molecule has 1 aliphatic carbocycles. The Morgan fingerprint density at radius 2 is 1.96 bits per heavy atom. The number of halogens is 3. The van der Waals surface area contributed by atoms with Crippen molar-refractivity contribution >= 4 is 6.09 Å². The largest absolute Gasteiger partial charge is 0.475 e. The molecule has 1 aromatic rings. The first-order chi connectivity index (χ1) is 12.0. The fourth-order valence-corrected chi connectivity index (χ4v) is 3.22. The number of hydrogen-bond acceptors (Lipinski definition) is 4. The summed E-state index contributed by atoms with van der Waals surface area (Å²) in [5.74, 6) is 1.21. The zero-order chi connectivity index (χ0) is 19.1. The molecule has 1 aromatic heterocycles. The van der Waals surface area contributed by atoms with Crippen LogP contribution in [0.4, 0.5) is 18.0 Å². The standard InChI is InChI=1S/C18H23F3N2O3/c1-17(2,3)26-16(24)23-9-12-6-11(12)7-14(23)10-25-15-5-4-13(8-22-15)18(19,20)21/h4-5,8,11-12,14H,6-7,9-10H2,1-3H3. The Bertz CT molecular complexity index is 655. The number of nitrogens with zero attached hydrogens (tertiary/aromatic N) is 2. The number of aromatic nitrogens is 1. The first-order valence-corrected chi connectivity index (χ1v) is 8.68. The molecule has 5 nitrogen and oxygen atoms in total. The summed E-state index contributed by atoms with van der Waals surface area (Å²) in [6.45, 7) is 6.25. The van der Waals surface area contributed by atoms with E-state index < -0.39 is 17.3 Å². The van der Waals surface area contributed by atoms with Gasteiger partial charge in [0.2, 0.25) is 5.88 Å². The predicted molar refractivity (Wildman–Crippen MR) is 87.7 cm³/mol. The van der Waals surface area contributed by atoms with Crippen molar-refractivity contribution in [2.45, 2.75) is 51.4 Å². The van der Waals surface area contributed by atoms with Crippen LogP contribution in [0.2, 0.25) is 0 Å². The first kappa shape index (κ1) is 18.8. The van der Waals surface area contributed by atoms with Gasteiger partial charge in [-0.25, -0.2) is 9.78 Å². The highest BCUT2D eigenvalue weighted by Crippen LogP contribution is 2.47. The van der Waals surface area contributed by atoms with E-state index >= 15 is 0 Å². The molecule has 1 saturated heterocycles. The Labute approximate surface area is 150 Å². The quantitative estimate of drug-likeness (QED) is 0.801. The predicted octanol–water partition coefficient (Wildman–Crippen LogP) is 4.12. The first-order valence-electron chi connectivity index (χ1n) is 8.68. The Morgan fingerprint density at radius 1 is 1.23 bits per heavy atom. The molecule has 1 saturated carbocycles. The molecule has 3 unspecified atom stereocenters. The van der Waals surface area contributed by atoms with Gasteiger partial charge >= 0.3 is 12.3 Å². The van der Waals surface area contributed by atoms with Crippen LogP contribution in [0.15, 0.2) is 18.3 Å². The summed E-state index contributed by atoms with van der Waals surface area (Å²) >= 11 is 0. The molecule has 0 radical (unpaired) electrons. The van der Waals surface area contributed by atoms with E-state index in [-0.39, 0.29) is 24.6 Å². The van der Waals surface area contributed by atoms with Gasteiger partial charge in [-0.05, 0) is 51.5 Å². The van der Waals surface area contributed by atoms with Crippen LogP contribution in [0.3, 0.4) is 0 Å². The summed E-state index contributed by atoms with van der Waals surface area (Å²) < 4.78 is 48.8. The summed E-state index contributed by atoms with van der Waals surface area (Å²) in [6.07, 6.45) is -2.15. The van der Waals surface area contributed by atoms with E-state index in [1.807, 2.05) is 20.8 Å². The van der Waals surface area contributed by atoms with Gasteiger partial charge in [-0.15, -0.1) is 0 Å². The second-order valence-corrected chi connectivity index (χ2v) is 7.97. The van der Waals surface area contributed by atoms with Crippen LogP contribution in [-0.4, -0.2) is 40.8 Å². The number of alkyl halides is 3. The molecule has 1 aliphatic heterocycles. The number of pyridine rings is 1. The number of rotatable bonds is 3. The maximum atomic E-state index is 12.6. The number of carbonyl (C=O) groups excluding carboxylic acids is 1. The molecule has 0 spiro atoms. The van der Waals surface area contributed by atoms with E-state index in [0.29, 0.717) is 18.4 Å². The molecule has 1 amide bonds. The van der Waals surface area contributed by atoms with Crippen LogP contribution in [0.25, 0.3) is 0 Å². The van der Waals surface area contributed by atoms with Gasteiger partial charge in [0.25, 0.3) is 0 Å². The average molecular weight is 372 g/mol. The van der Waals surface area contributed by atoms with Gasteiger partial charge in [0.15, 0.2) is 0 Å². The third-order valence-corrected chi connectivity index (χ3v) is 4.63. The van der Waals surface area contributed by atoms with Crippen molar-refractivity contribution in [3.63, 3.8) is 0 Å². The molecular formula is C18H23F3N2O3. The summed E-state index contributed by atoms with van der Waals surface area (Å²) in [5.41, 5.74) is -1.41. The summed E-state index contributed by atoms with van der Waals surface area (Å²) in [6, 6.07) is 1.97. The number of amides is 1. The smallest absolute Gasteiger partial charge is 0.417 e. The van der Waals surface area contributed by atoms with Crippen molar-refractivity contribution in [3.8, 4) is 5.88 Å². The number of piperidine rings is 1. The van der Waals surface area contributed by atoms with Crippen molar-refractivity contribution in [2.75, 3.05) is 13.2 Å². The van der Waals surface area contributed by atoms with Crippen LogP contribution in [0.5, 0.6) is 5.88 Å². The topological polar surface area (TPSA) is 51.7 Å². The minimum atomic E-state index is -4.43. The summed E-state index contributed by atoms with van der Waals surface area (Å²) in [7, 11) is 0. The van der Waals surface area contributed by atoms with Crippen molar-refractivity contribution in [2.24, 2.45) is 11.8 Å². The van der Waals surface area contributed by atoms with Gasteiger partial charge in [0, 0.05) is 18.8 Å². The van der Waals surface area contributed by atoms with Crippen LogP contribution in [0.1, 0.15) is 39.2 Å². The monoisotopic (exact) mass is 372 g/mol. The number of fused-ring (bicyclic) bond motifs is 1. The third-order valence-electron chi connectivity index (χ3n) is 4.63. The molecule has 0 N–H and O–H groups in total. The van der Waals surface area contributed by atoms with Crippen LogP contribution in [0, 0.1) is 11.8 Å². The highest BCUT2D eigenvalue weighted by atomic mass is 19.4. The molecule has 2 heterocycles. The fourth-order valence-electron chi connectivity index (χ4n) is 3.22. The van der Waals surface area contributed by atoms with E-state index in [1.165, 1.54) is 6.07 Å². The number of ether oxygens (including phenoxy) is 2. The molecule has 0 bridgehead atoms. The van der Waals surface area contributed by atoms with E-state index in [2.05, 4.69) is 4.98 Å². The summed E-state index contributed by atoms with van der Waals surface area (Å²) in [4.78, 5) is 17.9. The lowest BCUT2D eigenvalue weighted by Crippen LogP contribution is -2.49. The molecular weight excluding hydrogens is 349 g/mol. The van der Waals surface area contributed by atoms with Gasteiger partial charge in [-0.1, -0.05) is 0 Å². The van der Waals surface area contributed by atoms with Crippen molar-refractivity contribution in [1.29, 1.82) is 0 Å². The van der Waals surface area contributed by atoms with E-state index in [1.54, 1.807) is 4.90 Å². The van der Waals surface area contributed by atoms with Gasteiger partial charge < -0.3 is 14.4 Å². The third kappa shape index (κ3) is 4.59. The van der Waals surface area contributed by atoms with Crippen LogP contribution in [-0.2, 0) is 10.9 Å².